The molecule has 0 fully saturated rings. The fourth-order valence-corrected chi connectivity index (χ4v) is 1.99. The summed E-state index contributed by atoms with van der Waals surface area (Å²) in [5.74, 6) is 0.0843. The van der Waals surface area contributed by atoms with E-state index in [2.05, 4.69) is 15.6 Å². The lowest BCUT2D eigenvalue weighted by Gasteiger charge is -2.05. The van der Waals surface area contributed by atoms with Crippen molar-refractivity contribution in [2.45, 2.75) is 13.8 Å². The Morgan fingerprint density at radius 3 is 2.81 bits per heavy atom. The van der Waals surface area contributed by atoms with Gasteiger partial charge in [0, 0.05) is 20.1 Å². The second-order valence-electron chi connectivity index (χ2n) is 4.48. The maximum Gasteiger partial charge on any atom is 0.265 e. The van der Waals surface area contributed by atoms with Crippen molar-refractivity contribution in [3.63, 3.8) is 0 Å². The van der Waals surface area contributed by atoms with Gasteiger partial charge in [0.2, 0.25) is 5.71 Å². The summed E-state index contributed by atoms with van der Waals surface area (Å²) in [6, 6.07) is 0. The molecule has 0 spiro atoms. The van der Waals surface area contributed by atoms with Gasteiger partial charge in [-0.3, -0.25) is 9.59 Å². The molecule has 7 nitrogen and oxygen atoms in total. The van der Waals surface area contributed by atoms with Crippen molar-refractivity contribution in [2.75, 3.05) is 19.6 Å². The molecule has 0 radical (unpaired) electrons. The molecule has 8 heteroatoms. The minimum Gasteiger partial charge on any atom is -0.442 e. The van der Waals surface area contributed by atoms with E-state index in [1.165, 1.54) is 10.9 Å². The van der Waals surface area contributed by atoms with Gasteiger partial charge < -0.3 is 19.6 Å². The molecule has 0 aromatic carbocycles. The van der Waals surface area contributed by atoms with Gasteiger partial charge in [0.05, 0.1) is 5.56 Å². The molecule has 2 N–H and O–H groups in total. The van der Waals surface area contributed by atoms with Crippen molar-refractivity contribution in [2.24, 2.45) is 7.05 Å². The number of hydrogen-bond donors (Lipinski definition) is 2. The Kier molecular flexibility index (Phi) is 5.92. The summed E-state index contributed by atoms with van der Waals surface area (Å²) >= 11 is 0. The summed E-state index contributed by atoms with van der Waals surface area (Å²) < 4.78 is 6.71. The zero-order valence-electron chi connectivity index (χ0n) is 12.2. The van der Waals surface area contributed by atoms with Gasteiger partial charge in [-0.1, -0.05) is 6.92 Å². The monoisotopic (exact) mass is 314 g/mol. The Morgan fingerprint density at radius 2 is 2.14 bits per heavy atom. The topological polar surface area (TPSA) is 89.2 Å². The van der Waals surface area contributed by atoms with Crippen LogP contribution >= 0.6 is 12.4 Å². The van der Waals surface area contributed by atoms with Gasteiger partial charge in [0.25, 0.3) is 11.5 Å². The van der Waals surface area contributed by atoms with Crippen LogP contribution in [0.5, 0.6) is 0 Å². The number of carbonyl (C=O) groups excluding carboxylic acids is 1. The fourth-order valence-electron chi connectivity index (χ4n) is 1.99. The van der Waals surface area contributed by atoms with E-state index >= 15 is 0 Å². The van der Waals surface area contributed by atoms with Gasteiger partial charge in [0.15, 0.2) is 0 Å². The van der Waals surface area contributed by atoms with Crippen LogP contribution in [0.25, 0.3) is 11.1 Å². The summed E-state index contributed by atoms with van der Waals surface area (Å²) in [6.07, 6.45) is 1.38. The van der Waals surface area contributed by atoms with Crippen LogP contribution in [0, 0.1) is 6.92 Å². The van der Waals surface area contributed by atoms with E-state index in [4.69, 9.17) is 4.42 Å². The van der Waals surface area contributed by atoms with Crippen LogP contribution in [-0.2, 0) is 7.05 Å². The number of nitrogens with one attached hydrogen (secondary N) is 2. The molecule has 21 heavy (non-hydrogen) atoms. The molecule has 0 aliphatic carbocycles. The van der Waals surface area contributed by atoms with E-state index in [0.29, 0.717) is 18.8 Å². The Hall–Kier alpha value is -1.86. The number of aryl methyl sites for hydroxylation is 2. The first-order valence-electron chi connectivity index (χ1n) is 6.50. The number of hydrogen-bond acceptors (Lipinski definition) is 5. The summed E-state index contributed by atoms with van der Waals surface area (Å²) in [4.78, 5) is 28.3. The Balaban J connectivity index is 0.00000220. The molecule has 0 saturated carbocycles. The third-order valence-electron chi connectivity index (χ3n) is 3.01. The number of halogens is 1. The molecule has 0 bridgehead atoms. The van der Waals surface area contributed by atoms with E-state index in [9.17, 15) is 9.59 Å². The maximum atomic E-state index is 12.2. The summed E-state index contributed by atoms with van der Waals surface area (Å²) in [5.41, 5.74) is 0.177. The molecule has 2 rings (SSSR count). The van der Waals surface area contributed by atoms with Crippen molar-refractivity contribution in [1.82, 2.24) is 20.2 Å². The maximum absolute atomic E-state index is 12.2. The number of amides is 1. The molecular formula is C13H19ClN4O3. The third-order valence-corrected chi connectivity index (χ3v) is 3.01. The first kappa shape index (κ1) is 17.2. The van der Waals surface area contributed by atoms with Gasteiger partial charge in [-0.2, -0.15) is 0 Å². The fraction of sp³-hybridized carbons (Fsp3) is 0.462. The molecule has 0 unspecified atom stereocenters. The Morgan fingerprint density at radius 1 is 1.43 bits per heavy atom. The SMILES string of the molecule is CCNCCNC(=O)c1c(C)oc2ncn(C)c(=O)c12.Cl. The lowest BCUT2D eigenvalue weighted by molar-refractivity contribution is 0.0954. The lowest BCUT2D eigenvalue weighted by Crippen LogP contribution is -2.32. The molecule has 2 aromatic rings. The molecule has 1 amide bonds. The van der Waals surface area contributed by atoms with Crippen LogP contribution in [-0.4, -0.2) is 35.1 Å². The lowest BCUT2D eigenvalue weighted by atomic mass is 10.2. The molecule has 0 atom stereocenters. The van der Waals surface area contributed by atoms with E-state index < -0.39 is 0 Å². The zero-order chi connectivity index (χ0) is 14.7. The van der Waals surface area contributed by atoms with Crippen molar-refractivity contribution in [3.05, 3.63) is 28.0 Å². The average molecular weight is 315 g/mol. The molecule has 0 aliphatic rings. The van der Waals surface area contributed by atoms with E-state index in [0.717, 1.165) is 6.54 Å². The highest BCUT2D eigenvalue weighted by Gasteiger charge is 2.21. The summed E-state index contributed by atoms with van der Waals surface area (Å²) in [5, 5.41) is 6.10. The molecule has 2 heterocycles. The summed E-state index contributed by atoms with van der Waals surface area (Å²) in [7, 11) is 1.59. The number of aromatic nitrogens is 2. The molecule has 0 saturated heterocycles. The summed E-state index contributed by atoms with van der Waals surface area (Å²) in [6.45, 7) is 5.64. The molecule has 0 aliphatic heterocycles. The smallest absolute Gasteiger partial charge is 0.265 e. The van der Waals surface area contributed by atoms with Crippen LogP contribution in [0.4, 0.5) is 0 Å². The van der Waals surface area contributed by atoms with Gasteiger partial charge in [-0.05, 0) is 13.5 Å². The van der Waals surface area contributed by atoms with Crippen molar-refractivity contribution < 1.29 is 9.21 Å². The Labute approximate surface area is 128 Å². The first-order chi connectivity index (χ1) is 9.56. The quantitative estimate of drug-likeness (QED) is 0.789. The van der Waals surface area contributed by atoms with E-state index in [-0.39, 0.29) is 40.5 Å². The van der Waals surface area contributed by atoms with Gasteiger partial charge >= 0.3 is 0 Å². The number of likely N-dealkylation sites (N-methyl/N-ethyl adjacent to an activating group) is 1. The predicted octanol–water partition coefficient (Wildman–Crippen LogP) is 0.596. The van der Waals surface area contributed by atoms with E-state index in [1.54, 1.807) is 14.0 Å². The number of furan rings is 1. The van der Waals surface area contributed by atoms with Crippen LogP contribution in [0.1, 0.15) is 23.0 Å². The van der Waals surface area contributed by atoms with Crippen molar-refractivity contribution in [1.29, 1.82) is 0 Å². The van der Waals surface area contributed by atoms with Crippen LogP contribution < -0.4 is 16.2 Å². The van der Waals surface area contributed by atoms with Crippen molar-refractivity contribution in [3.8, 4) is 0 Å². The van der Waals surface area contributed by atoms with Gasteiger partial charge in [-0.15, -0.1) is 12.4 Å². The van der Waals surface area contributed by atoms with Crippen LogP contribution in [0.15, 0.2) is 15.5 Å². The third kappa shape index (κ3) is 3.43. The average Bonchev–Trinajstić information content (AvgIpc) is 2.76. The zero-order valence-corrected chi connectivity index (χ0v) is 13.0. The molecule has 2 aromatic heterocycles. The predicted molar refractivity (Wildman–Crippen MR) is 82.1 cm³/mol. The number of nitrogens with zero attached hydrogens (tertiary/aromatic N) is 2. The first-order valence-corrected chi connectivity index (χ1v) is 6.50. The Bertz CT molecular complexity index is 693. The van der Waals surface area contributed by atoms with E-state index in [1.807, 2.05) is 6.92 Å². The minimum absolute atomic E-state index is 0. The number of carbonyl (C=O) groups is 1. The largest absolute Gasteiger partial charge is 0.442 e. The highest BCUT2D eigenvalue weighted by molar-refractivity contribution is 6.06. The van der Waals surface area contributed by atoms with Gasteiger partial charge in [-0.25, -0.2) is 4.98 Å². The second-order valence-corrected chi connectivity index (χ2v) is 4.48. The van der Waals surface area contributed by atoms with Crippen molar-refractivity contribution >= 4 is 29.4 Å². The minimum atomic E-state index is -0.316. The standard InChI is InChI=1S/C13H18N4O3.ClH/c1-4-14-5-6-15-11(18)9-8(2)20-12-10(9)13(19)17(3)7-16-12;/h7,14H,4-6H2,1-3H3,(H,15,18);1H. The molecule has 116 valence electrons. The van der Waals surface area contributed by atoms with Gasteiger partial charge in [0.1, 0.15) is 17.5 Å². The number of rotatable bonds is 5. The molecular weight excluding hydrogens is 296 g/mol. The normalized spacial score (nSPS) is 10.4. The van der Waals surface area contributed by atoms with Crippen LogP contribution in [0.2, 0.25) is 0 Å². The number of fused-ring (bicyclic) bond motifs is 1. The second kappa shape index (κ2) is 7.24. The highest BCUT2D eigenvalue weighted by atomic mass is 35.5. The van der Waals surface area contributed by atoms with Crippen LogP contribution in [0.3, 0.4) is 0 Å². The highest BCUT2D eigenvalue weighted by Crippen LogP contribution is 2.20.